The van der Waals surface area contributed by atoms with Crippen molar-refractivity contribution in [3.63, 3.8) is 0 Å². The van der Waals surface area contributed by atoms with E-state index in [0.29, 0.717) is 6.54 Å². The van der Waals surface area contributed by atoms with Gasteiger partial charge in [0.1, 0.15) is 5.56 Å². The van der Waals surface area contributed by atoms with Gasteiger partial charge >= 0.3 is 0 Å². The second kappa shape index (κ2) is 5.83. The second-order valence-electron chi connectivity index (χ2n) is 3.51. The third kappa shape index (κ3) is 3.44. The number of pyridine rings is 1. The van der Waals surface area contributed by atoms with Crippen LogP contribution in [0.25, 0.3) is 0 Å². The van der Waals surface area contributed by atoms with Gasteiger partial charge in [-0.05, 0) is 6.92 Å². The SMILES string of the molecule is CCN(C)C(=O)CNC(=O)c1c[nH]ccc1=O. The molecule has 0 bridgehead atoms. The van der Waals surface area contributed by atoms with E-state index in [0.717, 1.165) is 0 Å². The minimum atomic E-state index is -0.551. The summed E-state index contributed by atoms with van der Waals surface area (Å²) in [6.45, 7) is 2.29. The molecule has 0 spiro atoms. The minimum Gasteiger partial charge on any atom is -0.367 e. The molecule has 0 aromatic carbocycles. The molecule has 92 valence electrons. The number of rotatable bonds is 4. The van der Waals surface area contributed by atoms with E-state index >= 15 is 0 Å². The van der Waals surface area contributed by atoms with E-state index in [-0.39, 0.29) is 23.4 Å². The van der Waals surface area contributed by atoms with Gasteiger partial charge < -0.3 is 15.2 Å². The monoisotopic (exact) mass is 237 g/mol. The Kier molecular flexibility index (Phi) is 4.45. The van der Waals surface area contributed by atoms with E-state index < -0.39 is 5.91 Å². The fourth-order valence-corrected chi connectivity index (χ4v) is 1.16. The van der Waals surface area contributed by atoms with E-state index in [2.05, 4.69) is 10.3 Å². The summed E-state index contributed by atoms with van der Waals surface area (Å²) in [5.74, 6) is -0.752. The molecule has 0 aliphatic heterocycles. The van der Waals surface area contributed by atoms with Crippen LogP contribution in [0.2, 0.25) is 0 Å². The fraction of sp³-hybridized carbons (Fsp3) is 0.364. The van der Waals surface area contributed by atoms with Crippen molar-refractivity contribution in [1.29, 1.82) is 0 Å². The topological polar surface area (TPSA) is 82.3 Å². The van der Waals surface area contributed by atoms with Crippen LogP contribution in [-0.4, -0.2) is 41.8 Å². The van der Waals surface area contributed by atoms with Gasteiger partial charge in [-0.15, -0.1) is 0 Å². The third-order valence-corrected chi connectivity index (χ3v) is 2.37. The minimum absolute atomic E-state index is 0.000508. The number of hydrogen-bond donors (Lipinski definition) is 2. The van der Waals surface area contributed by atoms with Crippen molar-refractivity contribution in [3.8, 4) is 0 Å². The van der Waals surface area contributed by atoms with Crippen molar-refractivity contribution >= 4 is 11.8 Å². The van der Waals surface area contributed by atoms with Gasteiger partial charge in [0.15, 0.2) is 5.43 Å². The molecule has 0 saturated carbocycles. The first-order valence-electron chi connectivity index (χ1n) is 5.25. The summed E-state index contributed by atoms with van der Waals surface area (Å²) in [5.41, 5.74) is -0.378. The molecule has 0 radical (unpaired) electrons. The fourth-order valence-electron chi connectivity index (χ4n) is 1.16. The van der Waals surface area contributed by atoms with Crippen molar-refractivity contribution in [2.24, 2.45) is 0 Å². The Balaban J connectivity index is 2.60. The summed E-state index contributed by atoms with van der Waals surface area (Å²) in [7, 11) is 1.64. The molecule has 2 N–H and O–H groups in total. The Hall–Kier alpha value is -2.11. The maximum atomic E-state index is 11.6. The van der Waals surface area contributed by atoms with Crippen molar-refractivity contribution < 1.29 is 9.59 Å². The van der Waals surface area contributed by atoms with E-state index in [1.54, 1.807) is 7.05 Å². The summed E-state index contributed by atoms with van der Waals surface area (Å²) in [6.07, 6.45) is 2.75. The number of aromatic nitrogens is 1. The number of aromatic amines is 1. The average molecular weight is 237 g/mol. The highest BCUT2D eigenvalue weighted by atomic mass is 16.2. The Morgan fingerprint density at radius 3 is 2.76 bits per heavy atom. The number of hydrogen-bond acceptors (Lipinski definition) is 3. The summed E-state index contributed by atoms with van der Waals surface area (Å²) in [6, 6.07) is 1.26. The van der Waals surface area contributed by atoms with Gasteiger partial charge in [-0.25, -0.2) is 0 Å². The summed E-state index contributed by atoms with van der Waals surface area (Å²) >= 11 is 0. The van der Waals surface area contributed by atoms with Crippen LogP contribution in [0.1, 0.15) is 17.3 Å². The normalized spacial score (nSPS) is 9.76. The first-order chi connectivity index (χ1) is 8.06. The smallest absolute Gasteiger partial charge is 0.257 e. The lowest BCUT2D eigenvalue weighted by Crippen LogP contribution is -2.39. The number of carbonyl (C=O) groups excluding carboxylic acids is 2. The lowest BCUT2D eigenvalue weighted by atomic mass is 10.2. The molecule has 0 unspecified atom stereocenters. The molecular weight excluding hydrogens is 222 g/mol. The van der Waals surface area contributed by atoms with Crippen LogP contribution in [0, 0.1) is 0 Å². The molecular formula is C11H15N3O3. The summed E-state index contributed by atoms with van der Waals surface area (Å²) in [4.78, 5) is 38.4. The quantitative estimate of drug-likeness (QED) is 0.746. The summed E-state index contributed by atoms with van der Waals surface area (Å²) < 4.78 is 0. The zero-order chi connectivity index (χ0) is 12.8. The lowest BCUT2D eigenvalue weighted by Gasteiger charge is -2.14. The summed E-state index contributed by atoms with van der Waals surface area (Å²) in [5, 5.41) is 2.40. The molecule has 1 aromatic heterocycles. The molecule has 1 heterocycles. The first-order valence-corrected chi connectivity index (χ1v) is 5.25. The number of likely N-dealkylation sites (N-methyl/N-ethyl adjacent to an activating group) is 1. The highest BCUT2D eigenvalue weighted by molar-refractivity contribution is 5.96. The Morgan fingerprint density at radius 2 is 2.18 bits per heavy atom. The Bertz CT molecular complexity index is 467. The van der Waals surface area contributed by atoms with Gasteiger partial charge in [-0.3, -0.25) is 14.4 Å². The average Bonchev–Trinajstić information content (AvgIpc) is 2.35. The van der Waals surface area contributed by atoms with Crippen LogP contribution in [0.15, 0.2) is 23.3 Å². The standard InChI is InChI=1S/C11H15N3O3/c1-3-14(2)10(16)7-13-11(17)8-6-12-5-4-9(8)15/h4-6H,3,7H2,1-2H3,(H,12,15)(H,13,17). The van der Waals surface area contributed by atoms with E-state index in [4.69, 9.17) is 0 Å². The highest BCUT2D eigenvalue weighted by Crippen LogP contribution is 1.88. The molecule has 0 aliphatic rings. The maximum Gasteiger partial charge on any atom is 0.257 e. The molecule has 17 heavy (non-hydrogen) atoms. The van der Waals surface area contributed by atoms with Crippen LogP contribution >= 0.6 is 0 Å². The predicted molar refractivity (Wildman–Crippen MR) is 62.7 cm³/mol. The molecule has 1 aromatic rings. The molecule has 0 saturated heterocycles. The van der Waals surface area contributed by atoms with Crippen molar-refractivity contribution in [2.45, 2.75) is 6.92 Å². The third-order valence-electron chi connectivity index (χ3n) is 2.37. The maximum absolute atomic E-state index is 11.6. The molecule has 6 nitrogen and oxygen atoms in total. The molecule has 2 amide bonds. The number of amides is 2. The highest BCUT2D eigenvalue weighted by Gasteiger charge is 2.12. The van der Waals surface area contributed by atoms with Gasteiger partial charge in [0, 0.05) is 32.1 Å². The van der Waals surface area contributed by atoms with Crippen molar-refractivity contribution in [2.75, 3.05) is 20.1 Å². The van der Waals surface area contributed by atoms with Gasteiger partial charge in [0.25, 0.3) is 5.91 Å². The van der Waals surface area contributed by atoms with Crippen LogP contribution in [0.4, 0.5) is 0 Å². The number of H-pyrrole nitrogens is 1. The second-order valence-corrected chi connectivity index (χ2v) is 3.51. The number of carbonyl (C=O) groups is 2. The van der Waals surface area contributed by atoms with Crippen LogP contribution < -0.4 is 10.7 Å². The van der Waals surface area contributed by atoms with Crippen LogP contribution in [0.5, 0.6) is 0 Å². The predicted octanol–water partition coefficient (Wildman–Crippen LogP) is -0.417. The van der Waals surface area contributed by atoms with Gasteiger partial charge in [-0.2, -0.15) is 0 Å². The van der Waals surface area contributed by atoms with Crippen LogP contribution in [0.3, 0.4) is 0 Å². The number of nitrogens with one attached hydrogen (secondary N) is 2. The number of nitrogens with zero attached hydrogens (tertiary/aromatic N) is 1. The molecule has 1 rings (SSSR count). The molecule has 0 aliphatic carbocycles. The first kappa shape index (κ1) is 13.0. The van der Waals surface area contributed by atoms with Gasteiger partial charge in [-0.1, -0.05) is 0 Å². The van der Waals surface area contributed by atoms with Gasteiger partial charge in [0.2, 0.25) is 5.91 Å². The molecule has 0 atom stereocenters. The van der Waals surface area contributed by atoms with Crippen molar-refractivity contribution in [1.82, 2.24) is 15.2 Å². The van der Waals surface area contributed by atoms with Gasteiger partial charge in [0.05, 0.1) is 6.54 Å². The van der Waals surface area contributed by atoms with E-state index in [1.807, 2.05) is 6.92 Å². The zero-order valence-corrected chi connectivity index (χ0v) is 9.82. The van der Waals surface area contributed by atoms with Crippen LogP contribution in [-0.2, 0) is 4.79 Å². The van der Waals surface area contributed by atoms with E-state index in [1.165, 1.54) is 23.4 Å². The van der Waals surface area contributed by atoms with Crippen molar-refractivity contribution in [3.05, 3.63) is 34.2 Å². The Labute approximate surface area is 98.6 Å². The lowest BCUT2D eigenvalue weighted by molar-refractivity contribution is -0.128. The molecule has 6 heteroatoms. The largest absolute Gasteiger partial charge is 0.367 e. The Morgan fingerprint density at radius 1 is 1.47 bits per heavy atom. The molecule has 0 fully saturated rings. The van der Waals surface area contributed by atoms with E-state index in [9.17, 15) is 14.4 Å². The zero-order valence-electron chi connectivity index (χ0n) is 9.82.